The number of aromatic nitrogens is 1. The van der Waals surface area contributed by atoms with Gasteiger partial charge in [-0.25, -0.2) is 4.98 Å². The third kappa shape index (κ3) is 3.31. The summed E-state index contributed by atoms with van der Waals surface area (Å²) in [6.45, 7) is 0. The topological polar surface area (TPSA) is 51.6 Å². The predicted octanol–water partition coefficient (Wildman–Crippen LogP) is 2.71. The summed E-state index contributed by atoms with van der Waals surface area (Å²) in [5, 5.41) is 9.16. The van der Waals surface area contributed by atoms with Crippen LogP contribution in [0.4, 0.5) is 26.3 Å². The van der Waals surface area contributed by atoms with Crippen LogP contribution < -0.4 is 9.47 Å². The minimum absolute atomic E-state index is 0.0780. The Morgan fingerprint density at radius 3 is 2.11 bits per heavy atom. The first kappa shape index (κ1) is 14.2. The average molecular weight is 277 g/mol. The number of alkyl halides is 6. The Hall–Kier alpha value is -1.87. The fourth-order valence-corrected chi connectivity index (χ4v) is 0.983. The molecule has 0 aliphatic rings. The highest BCUT2D eigenvalue weighted by Gasteiger charge is 2.38. The molecule has 0 aromatic carbocycles. The molecule has 0 atom stereocenters. The molecule has 18 heavy (non-hydrogen) atoms. The monoisotopic (exact) mass is 277 g/mol. The van der Waals surface area contributed by atoms with E-state index < -0.39 is 35.6 Å². The molecular formula is C8H5F6NO3. The van der Waals surface area contributed by atoms with Gasteiger partial charge in [0.2, 0.25) is 5.75 Å². The van der Waals surface area contributed by atoms with E-state index in [0.717, 1.165) is 7.11 Å². The Labute approximate surface area is 95.8 Å². The highest BCUT2D eigenvalue weighted by molar-refractivity contribution is 5.47. The number of methoxy groups -OCH3 is 1. The van der Waals surface area contributed by atoms with Gasteiger partial charge in [0.05, 0.1) is 7.11 Å². The van der Waals surface area contributed by atoms with E-state index >= 15 is 0 Å². The maximum Gasteiger partial charge on any atom is 0.573 e. The molecule has 1 aromatic rings. The van der Waals surface area contributed by atoms with Crippen molar-refractivity contribution in [1.29, 1.82) is 0 Å². The minimum atomic E-state index is -5.26. The van der Waals surface area contributed by atoms with Crippen molar-refractivity contribution >= 4 is 0 Å². The average Bonchev–Trinajstić information content (AvgIpc) is 2.17. The highest BCUT2D eigenvalue weighted by Crippen LogP contribution is 2.41. The van der Waals surface area contributed by atoms with Crippen LogP contribution in [0.3, 0.4) is 0 Å². The number of rotatable bonds is 2. The van der Waals surface area contributed by atoms with Gasteiger partial charge in [0, 0.05) is 6.07 Å². The summed E-state index contributed by atoms with van der Waals surface area (Å²) in [5.41, 5.74) is -1.68. The number of hydrogen-bond donors (Lipinski definition) is 1. The van der Waals surface area contributed by atoms with E-state index in [4.69, 9.17) is 5.11 Å². The second kappa shape index (κ2) is 4.42. The number of halogens is 6. The van der Waals surface area contributed by atoms with E-state index in [1.165, 1.54) is 0 Å². The molecule has 1 N–H and O–H groups in total. The molecule has 1 heterocycles. The Morgan fingerprint density at radius 1 is 1.17 bits per heavy atom. The molecule has 0 amide bonds. The fourth-order valence-electron chi connectivity index (χ4n) is 0.983. The van der Waals surface area contributed by atoms with Gasteiger partial charge in [0.15, 0.2) is 11.4 Å². The lowest BCUT2D eigenvalue weighted by molar-refractivity contribution is -0.275. The van der Waals surface area contributed by atoms with E-state index in [-0.39, 0.29) is 6.07 Å². The third-order valence-corrected chi connectivity index (χ3v) is 1.64. The molecule has 4 nitrogen and oxygen atoms in total. The van der Waals surface area contributed by atoms with Crippen LogP contribution in [0, 0.1) is 0 Å². The van der Waals surface area contributed by atoms with Crippen LogP contribution in [0.1, 0.15) is 5.69 Å². The SMILES string of the molecule is COc1nc(C(F)(F)F)cc(OC(F)(F)F)c1O. The Kier molecular flexibility index (Phi) is 3.49. The van der Waals surface area contributed by atoms with Crippen LogP contribution in [0.15, 0.2) is 6.07 Å². The van der Waals surface area contributed by atoms with Crippen LogP contribution in [0.2, 0.25) is 0 Å². The summed E-state index contributed by atoms with van der Waals surface area (Å²) in [4.78, 5) is 2.81. The Bertz CT molecular complexity index is 442. The normalized spacial score (nSPS) is 12.4. The summed E-state index contributed by atoms with van der Waals surface area (Å²) in [6.07, 6.45) is -10.3. The molecule has 0 fully saturated rings. The highest BCUT2D eigenvalue weighted by atomic mass is 19.4. The van der Waals surface area contributed by atoms with Crippen molar-refractivity contribution in [2.45, 2.75) is 12.5 Å². The molecule has 1 aromatic heterocycles. The van der Waals surface area contributed by atoms with Crippen molar-refractivity contribution in [3.8, 4) is 17.4 Å². The van der Waals surface area contributed by atoms with E-state index in [9.17, 15) is 26.3 Å². The number of pyridine rings is 1. The minimum Gasteiger partial charge on any atom is -0.501 e. The number of nitrogens with zero attached hydrogens (tertiary/aromatic N) is 1. The summed E-state index contributed by atoms with van der Waals surface area (Å²) in [6, 6.07) is -0.0780. The Balaban J connectivity index is 3.32. The molecule has 0 aliphatic carbocycles. The molecule has 0 aliphatic heterocycles. The van der Waals surface area contributed by atoms with Crippen LogP contribution in [0.25, 0.3) is 0 Å². The third-order valence-electron chi connectivity index (χ3n) is 1.64. The van der Waals surface area contributed by atoms with Gasteiger partial charge >= 0.3 is 12.5 Å². The second-order valence-corrected chi connectivity index (χ2v) is 2.91. The van der Waals surface area contributed by atoms with Gasteiger partial charge in [0.25, 0.3) is 5.88 Å². The van der Waals surface area contributed by atoms with Crippen LogP contribution in [-0.2, 0) is 6.18 Å². The van der Waals surface area contributed by atoms with Gasteiger partial charge in [0.1, 0.15) is 0 Å². The van der Waals surface area contributed by atoms with Gasteiger partial charge in [-0.1, -0.05) is 0 Å². The van der Waals surface area contributed by atoms with Crippen molar-refractivity contribution in [3.63, 3.8) is 0 Å². The smallest absolute Gasteiger partial charge is 0.501 e. The van der Waals surface area contributed by atoms with Gasteiger partial charge in [-0.15, -0.1) is 13.2 Å². The molecule has 0 bridgehead atoms. The quantitative estimate of drug-likeness (QED) is 0.844. The zero-order valence-electron chi connectivity index (χ0n) is 8.56. The second-order valence-electron chi connectivity index (χ2n) is 2.91. The van der Waals surface area contributed by atoms with Crippen molar-refractivity contribution in [2.75, 3.05) is 7.11 Å². The first-order valence-corrected chi connectivity index (χ1v) is 4.15. The summed E-state index contributed by atoms with van der Waals surface area (Å²) < 4.78 is 80.1. The van der Waals surface area contributed by atoms with E-state index in [1.54, 1.807) is 0 Å². The molecule has 0 radical (unpaired) electrons. The van der Waals surface area contributed by atoms with Crippen LogP contribution in [-0.4, -0.2) is 23.6 Å². The lowest BCUT2D eigenvalue weighted by Gasteiger charge is -2.14. The van der Waals surface area contributed by atoms with Gasteiger partial charge in [-0.2, -0.15) is 13.2 Å². The van der Waals surface area contributed by atoms with Crippen molar-refractivity contribution in [3.05, 3.63) is 11.8 Å². The first-order chi connectivity index (χ1) is 8.04. The summed E-state index contributed by atoms with van der Waals surface area (Å²) >= 11 is 0. The number of aromatic hydroxyl groups is 1. The number of ether oxygens (including phenoxy) is 2. The van der Waals surface area contributed by atoms with E-state index in [2.05, 4.69) is 14.5 Å². The largest absolute Gasteiger partial charge is 0.573 e. The maximum absolute atomic E-state index is 12.3. The van der Waals surface area contributed by atoms with Crippen molar-refractivity contribution in [2.24, 2.45) is 0 Å². The zero-order chi connectivity index (χ0) is 14.1. The molecular weight excluding hydrogens is 272 g/mol. The molecule has 1 rings (SSSR count). The van der Waals surface area contributed by atoms with Crippen LogP contribution in [0.5, 0.6) is 17.4 Å². The maximum atomic E-state index is 12.3. The first-order valence-electron chi connectivity index (χ1n) is 4.15. The molecule has 10 heteroatoms. The van der Waals surface area contributed by atoms with E-state index in [1.807, 2.05) is 0 Å². The lowest BCUT2D eigenvalue weighted by Crippen LogP contribution is -2.18. The van der Waals surface area contributed by atoms with Gasteiger partial charge in [-0.05, 0) is 0 Å². The summed E-state index contributed by atoms with van der Waals surface area (Å²) in [5.74, 6) is -3.74. The summed E-state index contributed by atoms with van der Waals surface area (Å²) in [7, 11) is 0.833. The molecule has 0 spiro atoms. The van der Waals surface area contributed by atoms with E-state index in [0.29, 0.717) is 0 Å². The Morgan fingerprint density at radius 2 is 1.72 bits per heavy atom. The molecule has 0 saturated carbocycles. The van der Waals surface area contributed by atoms with Crippen molar-refractivity contribution in [1.82, 2.24) is 4.98 Å². The van der Waals surface area contributed by atoms with Crippen LogP contribution >= 0.6 is 0 Å². The lowest BCUT2D eigenvalue weighted by atomic mass is 10.3. The van der Waals surface area contributed by atoms with Crippen molar-refractivity contribution < 1.29 is 40.9 Å². The fraction of sp³-hybridized carbons (Fsp3) is 0.375. The number of hydrogen-bond acceptors (Lipinski definition) is 4. The molecule has 102 valence electrons. The standard InChI is InChI=1S/C8H5F6NO3/c1-17-6-5(16)3(18-8(12,13)14)2-4(15-6)7(9,10)11/h2,16H,1H3. The van der Waals surface area contributed by atoms with Gasteiger partial charge < -0.3 is 14.6 Å². The zero-order valence-corrected chi connectivity index (χ0v) is 8.56. The van der Waals surface area contributed by atoms with Gasteiger partial charge in [-0.3, -0.25) is 0 Å². The molecule has 0 unspecified atom stereocenters. The predicted molar refractivity (Wildman–Crippen MR) is 44.1 cm³/mol. The molecule has 0 saturated heterocycles.